The van der Waals surface area contributed by atoms with Crippen LogP contribution in [-0.4, -0.2) is 34.6 Å². The van der Waals surface area contributed by atoms with E-state index in [0.717, 1.165) is 24.9 Å². The van der Waals surface area contributed by atoms with Crippen LogP contribution in [0.15, 0.2) is 18.2 Å². The van der Waals surface area contributed by atoms with Crippen molar-refractivity contribution in [3.8, 4) is 0 Å². The van der Waals surface area contributed by atoms with Crippen molar-refractivity contribution in [1.29, 1.82) is 0 Å². The fraction of sp³-hybridized carbons (Fsp3) is 0.696. The third kappa shape index (κ3) is 2.89. The molecule has 0 aromatic heterocycles. The Hall–Kier alpha value is -1.35. The Morgan fingerprint density at radius 2 is 1.88 bits per heavy atom. The molecule has 0 atom stereocenters. The molecule has 3 saturated carbocycles. The van der Waals surface area contributed by atoms with Gasteiger partial charge in [0.25, 0.3) is 0 Å². The Morgan fingerprint density at radius 3 is 2.46 bits per heavy atom. The molecule has 1 aliphatic heterocycles. The first kappa shape index (κ1) is 16.8. The summed E-state index contributed by atoms with van der Waals surface area (Å²) in [5.74, 6) is 2.00. The number of benzene rings is 1. The minimum atomic E-state index is -0.600. The van der Waals surface area contributed by atoms with Gasteiger partial charge in [0.1, 0.15) is 0 Å². The van der Waals surface area contributed by atoms with Gasteiger partial charge in [-0.05, 0) is 87.3 Å². The molecule has 1 saturated heterocycles. The summed E-state index contributed by atoms with van der Waals surface area (Å²) in [5.41, 5.74) is 4.38. The average molecular weight is 354 g/mol. The van der Waals surface area contributed by atoms with Crippen molar-refractivity contribution >= 4 is 5.91 Å². The number of carbonyl (C=O) groups is 1. The third-order valence-corrected chi connectivity index (χ3v) is 7.40. The molecule has 1 aromatic carbocycles. The lowest BCUT2D eigenvalue weighted by Gasteiger charge is -2.60. The van der Waals surface area contributed by atoms with E-state index in [9.17, 15) is 9.90 Å². The molecule has 1 spiro atoms. The molecule has 0 bridgehead atoms. The molecule has 1 N–H and O–H groups in total. The number of nitrogens with zero attached hydrogens (tertiary/aromatic N) is 1. The van der Waals surface area contributed by atoms with E-state index in [-0.39, 0.29) is 11.8 Å². The van der Waals surface area contributed by atoms with Crippen LogP contribution in [0.4, 0.5) is 0 Å². The quantitative estimate of drug-likeness (QED) is 0.894. The third-order valence-electron chi connectivity index (χ3n) is 7.40. The van der Waals surface area contributed by atoms with Crippen LogP contribution in [0.1, 0.15) is 68.1 Å². The van der Waals surface area contributed by atoms with Gasteiger partial charge in [-0.15, -0.1) is 0 Å². The molecule has 4 fully saturated rings. The van der Waals surface area contributed by atoms with E-state index < -0.39 is 5.60 Å². The Balaban J connectivity index is 1.10. The summed E-state index contributed by atoms with van der Waals surface area (Å²) in [6, 6.07) is 7.14. The number of rotatable bonds is 4. The van der Waals surface area contributed by atoms with Gasteiger partial charge in [0, 0.05) is 24.4 Å². The Morgan fingerprint density at radius 1 is 1.19 bits per heavy atom. The Labute approximate surface area is 156 Å². The number of hydrogen-bond acceptors (Lipinski definition) is 2. The van der Waals surface area contributed by atoms with E-state index in [1.165, 1.54) is 43.2 Å². The largest absolute Gasteiger partial charge is 0.390 e. The summed E-state index contributed by atoms with van der Waals surface area (Å²) in [6.45, 7) is 6.03. The minimum absolute atomic E-state index is 0.0752. The standard InChI is InChI=1S/C23H31NO2/c1-15-7-16(3-6-20(15)18-4-5-18)8-17-9-23(10-17)13-24(14-23)21(25)19-11-22(2,26)12-19/h3,6-7,17-19,26H,4-5,8-14H2,1-2H3/t19-,22+. The maximum atomic E-state index is 12.4. The van der Waals surface area contributed by atoms with Crippen molar-refractivity contribution in [2.75, 3.05) is 13.1 Å². The van der Waals surface area contributed by atoms with Crippen LogP contribution in [0.2, 0.25) is 0 Å². The highest BCUT2D eigenvalue weighted by Crippen LogP contribution is 2.54. The molecule has 26 heavy (non-hydrogen) atoms. The highest BCUT2D eigenvalue weighted by Gasteiger charge is 2.55. The maximum Gasteiger partial charge on any atom is 0.225 e. The summed E-state index contributed by atoms with van der Waals surface area (Å²) in [7, 11) is 0. The van der Waals surface area contributed by atoms with Gasteiger partial charge in [-0.2, -0.15) is 0 Å². The zero-order valence-corrected chi connectivity index (χ0v) is 16.1. The fourth-order valence-corrected chi connectivity index (χ4v) is 5.97. The lowest BCUT2D eigenvalue weighted by Crippen LogP contribution is -2.66. The topological polar surface area (TPSA) is 40.5 Å². The van der Waals surface area contributed by atoms with Gasteiger partial charge in [-0.1, -0.05) is 18.2 Å². The van der Waals surface area contributed by atoms with Crippen LogP contribution in [0.5, 0.6) is 0 Å². The molecule has 3 nitrogen and oxygen atoms in total. The Kier molecular flexibility index (Phi) is 3.60. The lowest BCUT2D eigenvalue weighted by atomic mass is 9.56. The number of aliphatic hydroxyl groups is 1. The van der Waals surface area contributed by atoms with E-state index in [4.69, 9.17) is 0 Å². The predicted molar refractivity (Wildman–Crippen MR) is 102 cm³/mol. The number of aryl methyl sites for hydroxylation is 1. The van der Waals surface area contributed by atoms with E-state index in [1.54, 1.807) is 5.56 Å². The van der Waals surface area contributed by atoms with Crippen LogP contribution in [0, 0.1) is 24.2 Å². The number of carbonyl (C=O) groups excluding carboxylic acids is 1. The van der Waals surface area contributed by atoms with E-state index >= 15 is 0 Å². The van der Waals surface area contributed by atoms with Gasteiger partial charge in [0.2, 0.25) is 5.91 Å². The molecule has 1 heterocycles. The molecule has 3 heteroatoms. The van der Waals surface area contributed by atoms with Crippen LogP contribution in [-0.2, 0) is 11.2 Å². The second-order valence-corrected chi connectivity index (χ2v) is 10.2. The molecule has 1 amide bonds. The normalized spacial score (nSPS) is 32.7. The van der Waals surface area contributed by atoms with Gasteiger partial charge >= 0.3 is 0 Å². The summed E-state index contributed by atoms with van der Waals surface area (Å²) >= 11 is 0. The first-order valence-electron chi connectivity index (χ1n) is 10.4. The maximum absolute atomic E-state index is 12.4. The molecule has 5 rings (SSSR count). The molecule has 1 aromatic rings. The first-order chi connectivity index (χ1) is 12.3. The summed E-state index contributed by atoms with van der Waals surface area (Å²) in [6.07, 6.45) is 7.80. The summed E-state index contributed by atoms with van der Waals surface area (Å²) in [4.78, 5) is 14.5. The molecular formula is C23H31NO2. The second kappa shape index (κ2) is 5.58. The van der Waals surface area contributed by atoms with Crippen molar-refractivity contribution in [3.05, 3.63) is 34.9 Å². The van der Waals surface area contributed by atoms with Crippen LogP contribution in [0.25, 0.3) is 0 Å². The predicted octanol–water partition coefficient (Wildman–Crippen LogP) is 3.81. The summed E-state index contributed by atoms with van der Waals surface area (Å²) < 4.78 is 0. The smallest absolute Gasteiger partial charge is 0.225 e. The molecular weight excluding hydrogens is 322 g/mol. The van der Waals surface area contributed by atoms with Crippen molar-refractivity contribution in [1.82, 2.24) is 4.90 Å². The van der Waals surface area contributed by atoms with Gasteiger partial charge in [-0.25, -0.2) is 0 Å². The van der Waals surface area contributed by atoms with Crippen molar-refractivity contribution < 1.29 is 9.90 Å². The SMILES string of the molecule is Cc1cc(CC2CC3(C2)CN(C(=O)[C@H]2C[C@@](C)(O)C2)C3)ccc1C1CC1. The number of amides is 1. The van der Waals surface area contributed by atoms with Gasteiger partial charge in [0.05, 0.1) is 5.60 Å². The molecule has 0 radical (unpaired) electrons. The van der Waals surface area contributed by atoms with Crippen LogP contribution < -0.4 is 0 Å². The zero-order chi connectivity index (χ0) is 18.1. The van der Waals surface area contributed by atoms with Gasteiger partial charge < -0.3 is 10.0 Å². The monoisotopic (exact) mass is 353 g/mol. The fourth-order valence-electron chi connectivity index (χ4n) is 5.97. The molecule has 3 aliphatic carbocycles. The van der Waals surface area contributed by atoms with Gasteiger partial charge in [0.15, 0.2) is 0 Å². The zero-order valence-electron chi connectivity index (χ0n) is 16.1. The van der Waals surface area contributed by atoms with E-state index in [0.29, 0.717) is 18.3 Å². The number of likely N-dealkylation sites (tertiary alicyclic amines) is 1. The highest BCUT2D eigenvalue weighted by atomic mass is 16.3. The lowest BCUT2D eigenvalue weighted by molar-refractivity contribution is -0.171. The Bertz CT molecular complexity index is 727. The molecule has 140 valence electrons. The molecule has 4 aliphatic rings. The van der Waals surface area contributed by atoms with Gasteiger partial charge in [-0.3, -0.25) is 4.79 Å². The number of hydrogen-bond donors (Lipinski definition) is 1. The van der Waals surface area contributed by atoms with Crippen LogP contribution >= 0.6 is 0 Å². The van der Waals surface area contributed by atoms with E-state index in [2.05, 4.69) is 25.1 Å². The molecule has 0 unspecified atom stereocenters. The minimum Gasteiger partial charge on any atom is -0.390 e. The first-order valence-corrected chi connectivity index (χ1v) is 10.4. The van der Waals surface area contributed by atoms with Crippen LogP contribution in [0.3, 0.4) is 0 Å². The van der Waals surface area contributed by atoms with Crippen molar-refractivity contribution in [2.24, 2.45) is 17.3 Å². The summed E-state index contributed by atoms with van der Waals surface area (Å²) in [5, 5.41) is 9.84. The van der Waals surface area contributed by atoms with Crippen molar-refractivity contribution in [2.45, 2.75) is 70.3 Å². The highest BCUT2D eigenvalue weighted by molar-refractivity contribution is 5.81. The van der Waals surface area contributed by atoms with Crippen molar-refractivity contribution in [3.63, 3.8) is 0 Å². The average Bonchev–Trinajstić information content (AvgIpc) is 3.30. The van der Waals surface area contributed by atoms with E-state index in [1.807, 2.05) is 11.8 Å². The second-order valence-electron chi connectivity index (χ2n) is 10.2.